The second kappa shape index (κ2) is 7.10. The average Bonchev–Trinajstić information content (AvgIpc) is 3.01. The first-order valence-corrected chi connectivity index (χ1v) is 11.2. The Kier molecular flexibility index (Phi) is 5.20. The summed E-state index contributed by atoms with van der Waals surface area (Å²) in [5, 5.41) is 0.0170. The van der Waals surface area contributed by atoms with Crippen molar-refractivity contribution in [3.05, 3.63) is 41.9 Å². The third-order valence-corrected chi connectivity index (χ3v) is 8.33. The molecule has 1 N–H and O–H groups in total. The van der Waals surface area contributed by atoms with E-state index in [0.717, 1.165) is 5.56 Å². The summed E-state index contributed by atoms with van der Waals surface area (Å²) < 4.78 is 54.0. The Balaban J connectivity index is 1.83. The fraction of sp³-hybridized carbons (Fsp3) is 0.438. The van der Waals surface area contributed by atoms with E-state index >= 15 is 0 Å². The first kappa shape index (κ1) is 19.0. The molecule has 0 aliphatic carbocycles. The van der Waals surface area contributed by atoms with Gasteiger partial charge in [-0.05, 0) is 37.5 Å². The predicted octanol–water partition coefficient (Wildman–Crippen LogP) is 1.11. The Morgan fingerprint density at radius 3 is 2.23 bits per heavy atom. The number of sulfonamides is 2. The minimum absolute atomic E-state index is 0.0170. The molecule has 0 atom stereocenters. The zero-order valence-corrected chi connectivity index (χ0v) is 16.3. The van der Waals surface area contributed by atoms with Crippen LogP contribution in [-0.4, -0.2) is 61.6 Å². The number of aryl methyl sites for hydroxylation is 2. The van der Waals surface area contributed by atoms with Crippen LogP contribution < -0.4 is 0 Å². The van der Waals surface area contributed by atoms with Gasteiger partial charge < -0.3 is 4.98 Å². The summed E-state index contributed by atoms with van der Waals surface area (Å²) in [4.78, 5) is 6.63. The van der Waals surface area contributed by atoms with E-state index in [1.54, 1.807) is 19.1 Å². The van der Waals surface area contributed by atoms with Crippen molar-refractivity contribution in [3.8, 4) is 0 Å². The summed E-state index contributed by atoms with van der Waals surface area (Å²) >= 11 is 0. The SMILES string of the molecule is Cc1ccc(C)c(S(=O)(=O)N2CCCN(S(=O)(=O)c3cnc[nH]3)CC2)c1. The summed E-state index contributed by atoms with van der Waals surface area (Å²) in [6.45, 7) is 4.37. The highest BCUT2D eigenvalue weighted by molar-refractivity contribution is 7.89. The van der Waals surface area contributed by atoms with Crippen molar-refractivity contribution in [1.29, 1.82) is 0 Å². The zero-order valence-electron chi connectivity index (χ0n) is 14.7. The summed E-state index contributed by atoms with van der Waals surface area (Å²) in [5.41, 5.74) is 1.55. The number of imidazole rings is 1. The van der Waals surface area contributed by atoms with Crippen LogP contribution in [0.2, 0.25) is 0 Å². The highest BCUT2D eigenvalue weighted by Gasteiger charge is 2.32. The Morgan fingerprint density at radius 2 is 1.62 bits per heavy atom. The molecule has 2 heterocycles. The Bertz CT molecular complexity index is 985. The Labute approximate surface area is 154 Å². The van der Waals surface area contributed by atoms with Crippen LogP contribution in [0.25, 0.3) is 0 Å². The third kappa shape index (κ3) is 3.54. The molecule has 1 saturated heterocycles. The van der Waals surface area contributed by atoms with Crippen LogP contribution in [-0.2, 0) is 20.0 Å². The van der Waals surface area contributed by atoms with Crippen molar-refractivity contribution in [2.24, 2.45) is 0 Å². The van der Waals surface area contributed by atoms with Gasteiger partial charge in [-0.1, -0.05) is 12.1 Å². The van der Waals surface area contributed by atoms with Gasteiger partial charge in [-0.15, -0.1) is 0 Å². The van der Waals surface area contributed by atoms with Gasteiger partial charge >= 0.3 is 0 Å². The number of benzene rings is 1. The van der Waals surface area contributed by atoms with Crippen molar-refractivity contribution in [3.63, 3.8) is 0 Å². The smallest absolute Gasteiger partial charge is 0.260 e. The molecule has 3 rings (SSSR count). The largest absolute Gasteiger partial charge is 0.335 e. The maximum atomic E-state index is 13.0. The van der Waals surface area contributed by atoms with Gasteiger partial charge in [-0.3, -0.25) is 0 Å². The molecule has 1 aromatic heterocycles. The van der Waals surface area contributed by atoms with E-state index in [4.69, 9.17) is 0 Å². The van der Waals surface area contributed by atoms with Gasteiger partial charge in [0.05, 0.1) is 17.4 Å². The number of aromatic amines is 1. The van der Waals surface area contributed by atoms with Gasteiger partial charge in [0, 0.05) is 26.2 Å². The molecule has 1 aromatic carbocycles. The summed E-state index contributed by atoms with van der Waals surface area (Å²) in [7, 11) is -7.37. The molecule has 0 bridgehead atoms. The van der Waals surface area contributed by atoms with Crippen LogP contribution in [0.15, 0.2) is 40.6 Å². The van der Waals surface area contributed by atoms with Crippen LogP contribution in [0.4, 0.5) is 0 Å². The molecule has 1 aliphatic heterocycles. The lowest BCUT2D eigenvalue weighted by atomic mass is 10.2. The molecular weight excluding hydrogens is 376 g/mol. The predicted molar refractivity (Wildman–Crippen MR) is 96.6 cm³/mol. The number of hydrogen-bond acceptors (Lipinski definition) is 5. The monoisotopic (exact) mass is 398 g/mol. The second-order valence-electron chi connectivity index (χ2n) is 6.35. The molecule has 0 radical (unpaired) electrons. The summed E-state index contributed by atoms with van der Waals surface area (Å²) in [6.07, 6.45) is 2.99. The Hall–Kier alpha value is -1.75. The lowest BCUT2D eigenvalue weighted by Crippen LogP contribution is -2.37. The van der Waals surface area contributed by atoms with Crippen molar-refractivity contribution in [1.82, 2.24) is 18.6 Å². The highest BCUT2D eigenvalue weighted by Crippen LogP contribution is 2.23. The van der Waals surface area contributed by atoms with E-state index in [1.807, 2.05) is 13.0 Å². The number of nitrogens with one attached hydrogen (secondary N) is 1. The Morgan fingerprint density at radius 1 is 0.962 bits per heavy atom. The molecule has 26 heavy (non-hydrogen) atoms. The van der Waals surface area contributed by atoms with Gasteiger partial charge in [0.15, 0.2) is 5.03 Å². The molecular formula is C16H22N4O4S2. The van der Waals surface area contributed by atoms with Gasteiger partial charge in [-0.25, -0.2) is 21.8 Å². The molecule has 142 valence electrons. The van der Waals surface area contributed by atoms with Crippen LogP contribution in [0.5, 0.6) is 0 Å². The van der Waals surface area contributed by atoms with Crippen LogP contribution in [0.3, 0.4) is 0 Å². The number of H-pyrrole nitrogens is 1. The first-order chi connectivity index (χ1) is 12.2. The molecule has 0 unspecified atom stereocenters. The molecule has 10 heteroatoms. The van der Waals surface area contributed by atoms with E-state index in [2.05, 4.69) is 9.97 Å². The van der Waals surface area contributed by atoms with Gasteiger partial charge in [-0.2, -0.15) is 8.61 Å². The minimum atomic E-state index is -3.70. The van der Waals surface area contributed by atoms with Crippen molar-refractivity contribution >= 4 is 20.0 Å². The van der Waals surface area contributed by atoms with Crippen LogP contribution >= 0.6 is 0 Å². The standard InChI is InChI=1S/C16H22N4O4S2/c1-13-4-5-14(2)15(10-13)25(21,22)19-6-3-7-20(9-8-19)26(23,24)16-11-17-12-18-16/h4-5,10-12H,3,6-9H2,1-2H3,(H,17,18). The first-order valence-electron chi connectivity index (χ1n) is 8.29. The lowest BCUT2D eigenvalue weighted by Gasteiger charge is -2.22. The lowest BCUT2D eigenvalue weighted by molar-refractivity contribution is 0.403. The number of nitrogens with zero attached hydrogens (tertiary/aromatic N) is 3. The molecule has 0 saturated carbocycles. The third-order valence-electron chi connectivity index (χ3n) is 4.47. The average molecular weight is 399 g/mol. The normalized spacial score (nSPS) is 17.9. The molecule has 1 aliphatic rings. The van der Waals surface area contributed by atoms with Crippen LogP contribution in [0, 0.1) is 13.8 Å². The molecule has 2 aromatic rings. The molecule has 1 fully saturated rings. The van der Waals surface area contributed by atoms with E-state index in [1.165, 1.54) is 21.1 Å². The number of rotatable bonds is 4. The topological polar surface area (TPSA) is 103 Å². The van der Waals surface area contributed by atoms with E-state index in [-0.39, 0.29) is 36.1 Å². The maximum absolute atomic E-state index is 13.0. The maximum Gasteiger partial charge on any atom is 0.260 e. The summed E-state index contributed by atoms with van der Waals surface area (Å²) in [5.74, 6) is 0. The second-order valence-corrected chi connectivity index (χ2v) is 10.2. The fourth-order valence-corrected chi connectivity index (χ4v) is 6.14. The molecule has 8 nitrogen and oxygen atoms in total. The fourth-order valence-electron chi connectivity index (χ4n) is 3.00. The van der Waals surface area contributed by atoms with Crippen molar-refractivity contribution < 1.29 is 16.8 Å². The van der Waals surface area contributed by atoms with Gasteiger partial charge in [0.1, 0.15) is 0 Å². The number of aromatic nitrogens is 2. The van der Waals surface area contributed by atoms with Crippen LogP contribution in [0.1, 0.15) is 17.5 Å². The van der Waals surface area contributed by atoms with Gasteiger partial charge in [0.25, 0.3) is 10.0 Å². The summed E-state index contributed by atoms with van der Waals surface area (Å²) in [6, 6.07) is 5.32. The number of hydrogen-bond donors (Lipinski definition) is 1. The van der Waals surface area contributed by atoms with Crippen molar-refractivity contribution in [2.75, 3.05) is 26.2 Å². The zero-order chi connectivity index (χ0) is 18.9. The van der Waals surface area contributed by atoms with E-state index < -0.39 is 20.0 Å². The highest BCUT2D eigenvalue weighted by atomic mass is 32.2. The molecule has 0 spiro atoms. The quantitative estimate of drug-likeness (QED) is 0.831. The van der Waals surface area contributed by atoms with E-state index in [0.29, 0.717) is 12.0 Å². The van der Waals surface area contributed by atoms with Crippen molar-refractivity contribution in [2.45, 2.75) is 30.2 Å². The minimum Gasteiger partial charge on any atom is -0.335 e. The van der Waals surface area contributed by atoms with E-state index in [9.17, 15) is 16.8 Å². The van der Waals surface area contributed by atoms with Gasteiger partial charge in [0.2, 0.25) is 10.0 Å². The molecule has 0 amide bonds.